The molecule has 0 radical (unpaired) electrons. The molecule has 0 aromatic heterocycles. The van der Waals surface area contributed by atoms with Gasteiger partial charge in [0.2, 0.25) is 0 Å². The van der Waals surface area contributed by atoms with E-state index in [0.29, 0.717) is 6.04 Å². The third kappa shape index (κ3) is 9.15. The predicted octanol–water partition coefficient (Wildman–Crippen LogP) is 1.99. The van der Waals surface area contributed by atoms with Gasteiger partial charge in [-0.25, -0.2) is 0 Å². The first-order chi connectivity index (χ1) is 10.2. The zero-order valence-corrected chi connectivity index (χ0v) is 17.2. The second-order valence-electron chi connectivity index (χ2n) is 6.04. The van der Waals surface area contributed by atoms with E-state index in [1.54, 1.807) is 0 Å². The van der Waals surface area contributed by atoms with Gasteiger partial charge in [0.25, 0.3) is 0 Å². The largest absolute Gasteiger partial charge is 0.357 e. The number of hydrogen-bond donors (Lipinski definition) is 2. The molecule has 1 heterocycles. The Morgan fingerprint density at radius 1 is 1.09 bits per heavy atom. The van der Waals surface area contributed by atoms with Crippen molar-refractivity contribution in [2.45, 2.75) is 46.1 Å². The molecule has 0 aromatic rings. The number of unbranched alkanes of at least 4 members (excludes halogenated alkanes) is 2. The molecule has 1 atom stereocenters. The molecule has 1 fully saturated rings. The van der Waals surface area contributed by atoms with Gasteiger partial charge < -0.3 is 15.5 Å². The number of hydrogen-bond acceptors (Lipinski definition) is 3. The van der Waals surface area contributed by atoms with Crippen LogP contribution >= 0.6 is 24.0 Å². The highest BCUT2D eigenvalue weighted by Crippen LogP contribution is 2.05. The second kappa shape index (κ2) is 13.4. The Kier molecular flexibility index (Phi) is 13.3. The molecule has 0 spiro atoms. The van der Waals surface area contributed by atoms with Gasteiger partial charge in [0.05, 0.1) is 6.54 Å². The average molecular weight is 425 g/mol. The molecule has 6 heteroatoms. The molecule has 2 N–H and O–H groups in total. The van der Waals surface area contributed by atoms with Crippen molar-refractivity contribution < 1.29 is 0 Å². The lowest BCUT2D eigenvalue weighted by molar-refractivity contribution is 0.122. The van der Waals surface area contributed by atoms with Crippen molar-refractivity contribution in [3.05, 3.63) is 0 Å². The standard InChI is InChI=1S/C16H35N5.HI/c1-5-7-8-9-18-16(17-6-2)19-14-15(3)21-12-10-20(4)11-13-21;/h15H,5-14H2,1-4H3,(H2,17,18,19);1H. The van der Waals surface area contributed by atoms with Crippen LogP contribution in [0.25, 0.3) is 0 Å². The van der Waals surface area contributed by atoms with E-state index in [-0.39, 0.29) is 24.0 Å². The molecule has 1 aliphatic rings. The van der Waals surface area contributed by atoms with Gasteiger partial charge in [0.1, 0.15) is 0 Å². The quantitative estimate of drug-likeness (QED) is 0.270. The first-order valence-electron chi connectivity index (χ1n) is 8.62. The van der Waals surface area contributed by atoms with Gasteiger partial charge in [-0.05, 0) is 27.3 Å². The highest BCUT2D eigenvalue weighted by molar-refractivity contribution is 14.0. The van der Waals surface area contributed by atoms with Crippen LogP contribution in [-0.2, 0) is 0 Å². The summed E-state index contributed by atoms with van der Waals surface area (Å²) in [5.41, 5.74) is 0. The minimum atomic E-state index is 0. The van der Waals surface area contributed by atoms with Crippen LogP contribution in [0.2, 0.25) is 0 Å². The van der Waals surface area contributed by atoms with Crippen LogP contribution in [0.3, 0.4) is 0 Å². The van der Waals surface area contributed by atoms with E-state index >= 15 is 0 Å². The van der Waals surface area contributed by atoms with Crippen molar-refractivity contribution in [2.24, 2.45) is 4.99 Å². The number of piperazine rings is 1. The van der Waals surface area contributed by atoms with E-state index in [1.807, 2.05) is 0 Å². The van der Waals surface area contributed by atoms with E-state index < -0.39 is 0 Å². The lowest BCUT2D eigenvalue weighted by atomic mass is 10.2. The molecule has 0 amide bonds. The van der Waals surface area contributed by atoms with Gasteiger partial charge in [-0.2, -0.15) is 0 Å². The normalized spacial score (nSPS) is 18.6. The topological polar surface area (TPSA) is 42.9 Å². The van der Waals surface area contributed by atoms with Crippen molar-refractivity contribution in [2.75, 3.05) is 52.9 Å². The summed E-state index contributed by atoms with van der Waals surface area (Å²) < 4.78 is 0. The monoisotopic (exact) mass is 425 g/mol. The summed E-state index contributed by atoms with van der Waals surface area (Å²) >= 11 is 0. The zero-order chi connectivity index (χ0) is 15.5. The third-order valence-electron chi connectivity index (χ3n) is 4.09. The summed E-state index contributed by atoms with van der Waals surface area (Å²) in [6, 6.07) is 0.518. The van der Waals surface area contributed by atoms with E-state index in [9.17, 15) is 0 Å². The molecule has 1 saturated heterocycles. The van der Waals surface area contributed by atoms with Crippen LogP contribution in [0.5, 0.6) is 0 Å². The zero-order valence-electron chi connectivity index (χ0n) is 14.9. The number of rotatable bonds is 8. The van der Waals surface area contributed by atoms with E-state index in [2.05, 4.69) is 48.3 Å². The van der Waals surface area contributed by atoms with Crippen LogP contribution in [-0.4, -0.2) is 74.7 Å². The van der Waals surface area contributed by atoms with Gasteiger partial charge in [-0.1, -0.05) is 19.8 Å². The fraction of sp³-hybridized carbons (Fsp3) is 0.938. The van der Waals surface area contributed by atoms with Crippen molar-refractivity contribution in [1.82, 2.24) is 20.4 Å². The van der Waals surface area contributed by atoms with Crippen LogP contribution < -0.4 is 10.6 Å². The summed E-state index contributed by atoms with van der Waals surface area (Å²) in [6.07, 6.45) is 3.76. The number of guanidine groups is 1. The second-order valence-corrected chi connectivity index (χ2v) is 6.04. The molecule has 5 nitrogen and oxygen atoms in total. The summed E-state index contributed by atoms with van der Waals surface area (Å²) in [6.45, 7) is 14.1. The Morgan fingerprint density at radius 2 is 1.77 bits per heavy atom. The fourth-order valence-corrected chi connectivity index (χ4v) is 2.53. The Hall–Kier alpha value is -0.0800. The molecular formula is C16H36IN5. The van der Waals surface area contributed by atoms with Gasteiger partial charge >= 0.3 is 0 Å². The van der Waals surface area contributed by atoms with Crippen LogP contribution in [0.15, 0.2) is 4.99 Å². The molecular weight excluding hydrogens is 389 g/mol. The first kappa shape index (κ1) is 21.9. The summed E-state index contributed by atoms with van der Waals surface area (Å²) in [7, 11) is 2.20. The van der Waals surface area contributed by atoms with Crippen LogP contribution in [0.1, 0.15) is 40.0 Å². The predicted molar refractivity (Wildman–Crippen MR) is 107 cm³/mol. The SMILES string of the molecule is CCCCCNC(=NCC(C)N1CCN(C)CC1)NCC.I. The van der Waals surface area contributed by atoms with Crippen LogP contribution in [0, 0.1) is 0 Å². The van der Waals surface area contributed by atoms with Crippen LogP contribution in [0.4, 0.5) is 0 Å². The summed E-state index contributed by atoms with van der Waals surface area (Å²) in [5.74, 6) is 0.967. The lowest BCUT2D eigenvalue weighted by Gasteiger charge is -2.35. The number of halogens is 1. The maximum atomic E-state index is 4.74. The van der Waals surface area contributed by atoms with Crippen molar-refractivity contribution in [1.29, 1.82) is 0 Å². The van der Waals surface area contributed by atoms with E-state index in [0.717, 1.165) is 38.7 Å². The molecule has 1 rings (SSSR count). The van der Waals surface area contributed by atoms with E-state index in [1.165, 1.54) is 32.4 Å². The average Bonchev–Trinajstić information content (AvgIpc) is 2.49. The lowest BCUT2D eigenvalue weighted by Crippen LogP contribution is -2.49. The third-order valence-corrected chi connectivity index (χ3v) is 4.09. The maximum Gasteiger partial charge on any atom is 0.191 e. The minimum absolute atomic E-state index is 0. The minimum Gasteiger partial charge on any atom is -0.357 e. The Labute approximate surface area is 154 Å². The maximum absolute atomic E-state index is 4.74. The Morgan fingerprint density at radius 3 is 2.36 bits per heavy atom. The Balaban J connectivity index is 0.00000441. The Bertz CT molecular complexity index is 290. The number of aliphatic imine (C=N–C) groups is 1. The molecule has 132 valence electrons. The van der Waals surface area contributed by atoms with E-state index in [4.69, 9.17) is 4.99 Å². The molecule has 22 heavy (non-hydrogen) atoms. The molecule has 0 aliphatic carbocycles. The molecule has 1 unspecified atom stereocenters. The van der Waals surface area contributed by atoms with Gasteiger partial charge in [0, 0.05) is 45.3 Å². The van der Waals surface area contributed by atoms with Gasteiger partial charge in [0.15, 0.2) is 5.96 Å². The summed E-state index contributed by atoms with van der Waals surface area (Å²) in [4.78, 5) is 9.68. The number of likely N-dealkylation sites (N-methyl/N-ethyl adjacent to an activating group) is 1. The van der Waals surface area contributed by atoms with Gasteiger partial charge in [-0.15, -0.1) is 24.0 Å². The highest BCUT2D eigenvalue weighted by Gasteiger charge is 2.18. The fourth-order valence-electron chi connectivity index (χ4n) is 2.53. The van der Waals surface area contributed by atoms with Crippen molar-refractivity contribution in [3.8, 4) is 0 Å². The van der Waals surface area contributed by atoms with Crippen molar-refractivity contribution in [3.63, 3.8) is 0 Å². The molecule has 0 aromatic carbocycles. The summed E-state index contributed by atoms with van der Waals surface area (Å²) in [5, 5.41) is 6.77. The smallest absolute Gasteiger partial charge is 0.191 e. The van der Waals surface area contributed by atoms with Crippen molar-refractivity contribution >= 4 is 29.9 Å². The number of nitrogens with one attached hydrogen (secondary N) is 2. The number of nitrogens with zero attached hydrogens (tertiary/aromatic N) is 3. The van der Waals surface area contributed by atoms with Gasteiger partial charge in [-0.3, -0.25) is 9.89 Å². The highest BCUT2D eigenvalue weighted by atomic mass is 127. The molecule has 1 aliphatic heterocycles. The molecule has 0 saturated carbocycles. The molecule has 0 bridgehead atoms. The first-order valence-corrected chi connectivity index (χ1v) is 8.62.